The summed E-state index contributed by atoms with van der Waals surface area (Å²) in [5.74, 6) is 0. The highest BCUT2D eigenvalue weighted by molar-refractivity contribution is 6.31. The second kappa shape index (κ2) is 5.51. The lowest BCUT2D eigenvalue weighted by molar-refractivity contribution is 1.14. The van der Waals surface area contributed by atoms with Gasteiger partial charge in [-0.3, -0.25) is 4.98 Å². The number of pyridine rings is 1. The van der Waals surface area contributed by atoms with E-state index in [1.807, 2.05) is 12.1 Å². The Morgan fingerprint density at radius 2 is 2.06 bits per heavy atom. The Kier molecular flexibility index (Phi) is 3.79. The second-order valence-electron chi connectivity index (χ2n) is 3.81. The molecular formula is C13H13ClN4. The SMILES string of the molecule is N=Cc1cc(Cl)c(CNc2ccncc2)cc1N. The van der Waals surface area contributed by atoms with E-state index in [-0.39, 0.29) is 0 Å². The van der Waals surface area contributed by atoms with Gasteiger partial charge in [0.2, 0.25) is 0 Å². The minimum Gasteiger partial charge on any atom is -0.398 e. The Balaban J connectivity index is 2.15. The van der Waals surface area contributed by atoms with E-state index in [0.717, 1.165) is 11.3 Å². The monoisotopic (exact) mass is 260 g/mol. The van der Waals surface area contributed by atoms with Crippen molar-refractivity contribution in [1.82, 2.24) is 4.98 Å². The Bertz CT molecular complexity index is 554. The molecule has 4 nitrogen and oxygen atoms in total. The van der Waals surface area contributed by atoms with Crippen LogP contribution in [0.2, 0.25) is 5.02 Å². The topological polar surface area (TPSA) is 74.8 Å². The number of hydrogen-bond acceptors (Lipinski definition) is 4. The first-order valence-corrected chi connectivity index (χ1v) is 5.81. The van der Waals surface area contributed by atoms with Crippen LogP contribution in [-0.2, 0) is 6.54 Å². The summed E-state index contributed by atoms with van der Waals surface area (Å²) in [6.45, 7) is 0.575. The molecule has 0 unspecified atom stereocenters. The molecule has 0 saturated heterocycles. The quantitative estimate of drug-likeness (QED) is 0.584. The lowest BCUT2D eigenvalue weighted by atomic mass is 10.1. The maximum Gasteiger partial charge on any atom is 0.0463 e. The minimum absolute atomic E-state index is 0.556. The number of nitrogens with two attached hydrogens (primary N) is 1. The van der Waals surface area contributed by atoms with Crippen molar-refractivity contribution in [1.29, 1.82) is 5.41 Å². The van der Waals surface area contributed by atoms with Crippen molar-refractivity contribution in [2.45, 2.75) is 6.54 Å². The molecule has 2 rings (SSSR count). The number of hydrogen-bond donors (Lipinski definition) is 3. The standard InChI is InChI=1S/C13H13ClN4/c14-12-5-9(7-15)13(16)6-10(12)8-18-11-1-3-17-4-2-11/h1-7,15H,8,16H2,(H,17,18). The number of nitrogens with one attached hydrogen (secondary N) is 2. The predicted octanol–water partition coefficient (Wildman–Crippen LogP) is 2.93. The average Bonchev–Trinajstić information content (AvgIpc) is 2.40. The van der Waals surface area contributed by atoms with E-state index in [2.05, 4.69) is 10.3 Å². The van der Waals surface area contributed by atoms with Gasteiger partial charge in [0.1, 0.15) is 0 Å². The molecule has 0 fully saturated rings. The summed E-state index contributed by atoms with van der Waals surface area (Å²) in [6.07, 6.45) is 4.63. The molecule has 1 heterocycles. The molecule has 0 bridgehead atoms. The molecule has 0 amide bonds. The van der Waals surface area contributed by atoms with Crippen LogP contribution in [0.5, 0.6) is 0 Å². The van der Waals surface area contributed by atoms with Crippen LogP contribution in [0.25, 0.3) is 0 Å². The molecule has 4 N–H and O–H groups in total. The molecule has 0 saturated carbocycles. The summed E-state index contributed by atoms with van der Waals surface area (Å²) in [5.41, 5.74) is 8.88. The molecule has 0 spiro atoms. The minimum atomic E-state index is 0.556. The summed E-state index contributed by atoms with van der Waals surface area (Å²) in [6, 6.07) is 7.25. The number of anilines is 2. The Morgan fingerprint density at radius 1 is 1.33 bits per heavy atom. The van der Waals surface area contributed by atoms with Gasteiger partial charge in [-0.2, -0.15) is 0 Å². The lowest BCUT2D eigenvalue weighted by Gasteiger charge is -2.10. The zero-order chi connectivity index (χ0) is 13.0. The largest absolute Gasteiger partial charge is 0.398 e. The van der Waals surface area contributed by atoms with E-state index in [9.17, 15) is 0 Å². The summed E-state index contributed by atoms with van der Waals surface area (Å²) >= 11 is 6.14. The van der Waals surface area contributed by atoms with Crippen molar-refractivity contribution in [3.63, 3.8) is 0 Å². The zero-order valence-electron chi connectivity index (χ0n) is 9.65. The highest BCUT2D eigenvalue weighted by Gasteiger charge is 2.05. The number of rotatable bonds is 4. The van der Waals surface area contributed by atoms with Gasteiger partial charge in [-0.1, -0.05) is 11.6 Å². The molecule has 5 heteroatoms. The van der Waals surface area contributed by atoms with Gasteiger partial charge in [0.25, 0.3) is 0 Å². The maximum absolute atomic E-state index is 7.20. The van der Waals surface area contributed by atoms with Crippen molar-refractivity contribution in [3.05, 3.63) is 52.8 Å². The summed E-state index contributed by atoms with van der Waals surface area (Å²) in [5, 5.41) is 11.0. The van der Waals surface area contributed by atoms with E-state index >= 15 is 0 Å². The van der Waals surface area contributed by atoms with Gasteiger partial charge < -0.3 is 16.5 Å². The van der Waals surface area contributed by atoms with Crippen LogP contribution in [0.1, 0.15) is 11.1 Å². The molecular weight excluding hydrogens is 248 g/mol. The van der Waals surface area contributed by atoms with E-state index in [4.69, 9.17) is 22.7 Å². The van der Waals surface area contributed by atoms with Crippen LogP contribution in [0.4, 0.5) is 11.4 Å². The highest BCUT2D eigenvalue weighted by Crippen LogP contribution is 2.23. The van der Waals surface area contributed by atoms with E-state index in [1.165, 1.54) is 6.21 Å². The van der Waals surface area contributed by atoms with Crippen LogP contribution in [-0.4, -0.2) is 11.2 Å². The summed E-state index contributed by atoms with van der Waals surface area (Å²) in [7, 11) is 0. The molecule has 0 aliphatic carbocycles. The zero-order valence-corrected chi connectivity index (χ0v) is 10.4. The number of nitrogen functional groups attached to an aromatic ring is 1. The van der Waals surface area contributed by atoms with Crippen molar-refractivity contribution < 1.29 is 0 Å². The van der Waals surface area contributed by atoms with E-state index in [0.29, 0.717) is 22.8 Å². The van der Waals surface area contributed by atoms with Crippen molar-refractivity contribution in [3.8, 4) is 0 Å². The molecule has 92 valence electrons. The van der Waals surface area contributed by atoms with Gasteiger partial charge in [-0.15, -0.1) is 0 Å². The Hall–Kier alpha value is -2.07. The first kappa shape index (κ1) is 12.4. The normalized spacial score (nSPS) is 10.1. The third-order valence-electron chi connectivity index (χ3n) is 2.57. The third-order valence-corrected chi connectivity index (χ3v) is 2.92. The smallest absolute Gasteiger partial charge is 0.0463 e. The number of halogens is 1. The average molecular weight is 261 g/mol. The molecule has 18 heavy (non-hydrogen) atoms. The van der Waals surface area contributed by atoms with Gasteiger partial charge in [0.05, 0.1) is 0 Å². The number of aromatic nitrogens is 1. The van der Waals surface area contributed by atoms with Gasteiger partial charge >= 0.3 is 0 Å². The van der Waals surface area contributed by atoms with Crippen LogP contribution < -0.4 is 11.1 Å². The van der Waals surface area contributed by atoms with Crippen LogP contribution in [0.3, 0.4) is 0 Å². The van der Waals surface area contributed by atoms with Gasteiger partial charge in [-0.25, -0.2) is 0 Å². The van der Waals surface area contributed by atoms with Gasteiger partial charge in [0, 0.05) is 47.1 Å². The van der Waals surface area contributed by atoms with Crippen LogP contribution in [0, 0.1) is 5.41 Å². The summed E-state index contributed by atoms with van der Waals surface area (Å²) < 4.78 is 0. The van der Waals surface area contributed by atoms with Crippen molar-refractivity contribution >= 4 is 29.2 Å². The van der Waals surface area contributed by atoms with Crippen LogP contribution >= 0.6 is 11.6 Å². The lowest BCUT2D eigenvalue weighted by Crippen LogP contribution is -2.02. The molecule has 1 aromatic carbocycles. The molecule has 0 aliphatic heterocycles. The van der Waals surface area contributed by atoms with Crippen LogP contribution in [0.15, 0.2) is 36.7 Å². The molecule has 0 atom stereocenters. The fourth-order valence-electron chi connectivity index (χ4n) is 1.58. The van der Waals surface area contributed by atoms with Gasteiger partial charge in [-0.05, 0) is 29.8 Å². The predicted molar refractivity (Wildman–Crippen MR) is 75.3 cm³/mol. The maximum atomic E-state index is 7.20. The highest BCUT2D eigenvalue weighted by atomic mass is 35.5. The van der Waals surface area contributed by atoms with Crippen molar-refractivity contribution in [2.75, 3.05) is 11.1 Å². The summed E-state index contributed by atoms with van der Waals surface area (Å²) in [4.78, 5) is 3.94. The fraction of sp³-hybridized carbons (Fsp3) is 0.0769. The third kappa shape index (κ3) is 2.78. The van der Waals surface area contributed by atoms with Crippen molar-refractivity contribution in [2.24, 2.45) is 0 Å². The number of benzene rings is 1. The molecule has 0 aliphatic rings. The first-order valence-electron chi connectivity index (χ1n) is 5.43. The first-order chi connectivity index (χ1) is 8.70. The Morgan fingerprint density at radius 3 is 2.72 bits per heavy atom. The Labute approximate surface area is 110 Å². The van der Waals surface area contributed by atoms with E-state index < -0.39 is 0 Å². The van der Waals surface area contributed by atoms with Gasteiger partial charge in [0.15, 0.2) is 0 Å². The number of nitrogens with zero attached hydrogens (tertiary/aromatic N) is 1. The molecule has 2 aromatic rings. The molecule has 0 radical (unpaired) electrons. The molecule has 1 aromatic heterocycles. The second-order valence-corrected chi connectivity index (χ2v) is 4.21. The van der Waals surface area contributed by atoms with E-state index in [1.54, 1.807) is 24.5 Å². The fourth-order valence-corrected chi connectivity index (χ4v) is 1.82.